The molecule has 6 heteroatoms. The fraction of sp³-hybridized carbons (Fsp3) is 0.222. The van der Waals surface area contributed by atoms with E-state index in [9.17, 15) is 9.59 Å². The maximum Gasteiger partial charge on any atom is 0.314 e. The second kappa shape index (κ2) is 7.36. The minimum atomic E-state index is -0.721. The highest BCUT2D eigenvalue weighted by atomic mass is 35.5. The Labute approximate surface area is 145 Å². The van der Waals surface area contributed by atoms with Crippen molar-refractivity contribution >= 4 is 40.5 Å². The quantitative estimate of drug-likeness (QED) is 0.838. The molecule has 2 amide bonds. The summed E-state index contributed by atoms with van der Waals surface area (Å²) in [4.78, 5) is 26.2. The molecule has 1 fully saturated rings. The van der Waals surface area contributed by atoms with Gasteiger partial charge in [-0.1, -0.05) is 11.6 Å². The minimum absolute atomic E-state index is 0.518. The van der Waals surface area contributed by atoms with Crippen molar-refractivity contribution in [3.05, 3.63) is 53.6 Å². The third-order valence-electron chi connectivity index (χ3n) is 3.90. The zero-order valence-corrected chi connectivity index (χ0v) is 13.8. The van der Waals surface area contributed by atoms with E-state index in [0.717, 1.165) is 18.8 Å². The van der Waals surface area contributed by atoms with Crippen LogP contribution >= 0.6 is 11.6 Å². The van der Waals surface area contributed by atoms with E-state index in [2.05, 4.69) is 15.5 Å². The van der Waals surface area contributed by atoms with Gasteiger partial charge in [-0.3, -0.25) is 9.59 Å². The van der Waals surface area contributed by atoms with E-state index in [1.807, 2.05) is 12.1 Å². The van der Waals surface area contributed by atoms with Gasteiger partial charge in [-0.05, 0) is 61.4 Å². The molecular weight excluding hydrogens is 326 g/mol. The molecule has 5 nitrogen and oxygen atoms in total. The zero-order valence-electron chi connectivity index (χ0n) is 13.1. The number of carbonyl (C=O) groups is 2. The highest BCUT2D eigenvalue weighted by Crippen LogP contribution is 2.22. The number of nitrogens with one attached hydrogen (secondary N) is 2. The van der Waals surface area contributed by atoms with Crippen molar-refractivity contribution in [2.45, 2.75) is 12.8 Å². The monoisotopic (exact) mass is 343 g/mol. The van der Waals surface area contributed by atoms with Crippen LogP contribution in [0.15, 0.2) is 48.5 Å². The largest absolute Gasteiger partial charge is 0.372 e. The van der Waals surface area contributed by atoms with Crippen LogP contribution in [0.1, 0.15) is 12.8 Å². The van der Waals surface area contributed by atoms with Gasteiger partial charge in [-0.2, -0.15) is 0 Å². The lowest BCUT2D eigenvalue weighted by Crippen LogP contribution is -2.29. The predicted octanol–water partition coefficient (Wildman–Crippen LogP) is 3.52. The number of amides is 2. The highest BCUT2D eigenvalue weighted by Gasteiger charge is 2.15. The molecule has 0 aliphatic carbocycles. The average Bonchev–Trinajstić information content (AvgIpc) is 3.12. The van der Waals surface area contributed by atoms with Gasteiger partial charge in [0.1, 0.15) is 0 Å². The van der Waals surface area contributed by atoms with Gasteiger partial charge < -0.3 is 15.5 Å². The Bertz CT molecular complexity index is 723. The Kier molecular flexibility index (Phi) is 5.01. The summed E-state index contributed by atoms with van der Waals surface area (Å²) < 4.78 is 0. The number of halogens is 1. The van der Waals surface area contributed by atoms with Crippen molar-refractivity contribution in [3.63, 3.8) is 0 Å². The van der Waals surface area contributed by atoms with Crippen LogP contribution in [0, 0.1) is 0 Å². The predicted molar refractivity (Wildman–Crippen MR) is 96.6 cm³/mol. The summed E-state index contributed by atoms with van der Waals surface area (Å²) in [5.41, 5.74) is 2.24. The van der Waals surface area contributed by atoms with Gasteiger partial charge >= 0.3 is 11.8 Å². The SMILES string of the molecule is O=C(Nc1ccc(Cl)cc1)C(=O)Nc1ccc(N2CCCC2)cc1. The summed E-state index contributed by atoms with van der Waals surface area (Å²) in [5, 5.41) is 5.69. The van der Waals surface area contributed by atoms with Crippen LogP contribution in [0.25, 0.3) is 0 Å². The zero-order chi connectivity index (χ0) is 16.9. The molecule has 2 aromatic carbocycles. The van der Waals surface area contributed by atoms with Crippen molar-refractivity contribution in [2.24, 2.45) is 0 Å². The molecule has 1 aliphatic rings. The Morgan fingerprint density at radius 2 is 1.25 bits per heavy atom. The van der Waals surface area contributed by atoms with E-state index in [-0.39, 0.29) is 0 Å². The standard InChI is InChI=1S/C18H18ClN3O2/c19-13-3-5-14(6-4-13)20-17(23)18(24)21-15-7-9-16(10-8-15)22-11-1-2-12-22/h3-10H,1-2,11-12H2,(H,20,23)(H,21,24). The average molecular weight is 344 g/mol. The van der Waals surface area contributed by atoms with Gasteiger partial charge in [0.15, 0.2) is 0 Å². The second-order valence-electron chi connectivity index (χ2n) is 5.66. The molecule has 124 valence electrons. The van der Waals surface area contributed by atoms with Crippen LogP contribution < -0.4 is 15.5 Å². The van der Waals surface area contributed by atoms with Crippen LogP contribution in [0.5, 0.6) is 0 Å². The van der Waals surface area contributed by atoms with Crippen LogP contribution in [-0.2, 0) is 9.59 Å². The van der Waals surface area contributed by atoms with Crippen molar-refractivity contribution in [2.75, 3.05) is 28.6 Å². The van der Waals surface area contributed by atoms with Gasteiger partial charge in [0.25, 0.3) is 0 Å². The minimum Gasteiger partial charge on any atom is -0.372 e. The van der Waals surface area contributed by atoms with Crippen LogP contribution in [0.3, 0.4) is 0 Å². The van der Waals surface area contributed by atoms with Crippen LogP contribution in [0.4, 0.5) is 17.1 Å². The lowest BCUT2D eigenvalue weighted by atomic mass is 10.2. The van der Waals surface area contributed by atoms with E-state index in [4.69, 9.17) is 11.6 Å². The topological polar surface area (TPSA) is 61.4 Å². The number of nitrogens with zero attached hydrogens (tertiary/aromatic N) is 1. The third-order valence-corrected chi connectivity index (χ3v) is 4.16. The molecule has 0 radical (unpaired) electrons. The van der Waals surface area contributed by atoms with Gasteiger partial charge in [-0.25, -0.2) is 0 Å². The Morgan fingerprint density at radius 1 is 0.792 bits per heavy atom. The summed E-state index contributed by atoms with van der Waals surface area (Å²) in [5.74, 6) is -1.43. The molecule has 0 spiro atoms. The molecule has 1 saturated heterocycles. The Balaban J connectivity index is 1.57. The number of hydrogen-bond acceptors (Lipinski definition) is 3. The lowest BCUT2D eigenvalue weighted by molar-refractivity contribution is -0.132. The van der Waals surface area contributed by atoms with Gasteiger partial charge in [0.05, 0.1) is 0 Å². The Morgan fingerprint density at radius 3 is 1.75 bits per heavy atom. The number of carbonyl (C=O) groups excluding carboxylic acids is 2. The number of benzene rings is 2. The van der Waals surface area contributed by atoms with Crippen LogP contribution in [0.2, 0.25) is 5.02 Å². The fourth-order valence-corrected chi connectivity index (χ4v) is 2.77. The summed E-state index contributed by atoms with van der Waals surface area (Å²) in [6.45, 7) is 2.13. The first kappa shape index (κ1) is 16.3. The summed E-state index contributed by atoms with van der Waals surface area (Å²) in [6, 6.07) is 14.1. The van der Waals surface area contributed by atoms with Crippen molar-refractivity contribution < 1.29 is 9.59 Å². The maximum atomic E-state index is 12.0. The number of rotatable bonds is 3. The van der Waals surface area contributed by atoms with E-state index in [1.165, 1.54) is 12.8 Å². The summed E-state index contributed by atoms with van der Waals surface area (Å²) in [7, 11) is 0. The van der Waals surface area contributed by atoms with E-state index in [0.29, 0.717) is 16.4 Å². The highest BCUT2D eigenvalue weighted by molar-refractivity contribution is 6.43. The molecule has 24 heavy (non-hydrogen) atoms. The lowest BCUT2D eigenvalue weighted by Gasteiger charge is -2.17. The number of anilines is 3. The smallest absolute Gasteiger partial charge is 0.314 e. The van der Waals surface area contributed by atoms with Gasteiger partial charge in [0.2, 0.25) is 0 Å². The molecule has 0 saturated carbocycles. The first-order valence-corrected chi connectivity index (χ1v) is 8.22. The molecule has 1 aliphatic heterocycles. The molecule has 1 heterocycles. The molecule has 3 rings (SSSR count). The summed E-state index contributed by atoms with van der Waals surface area (Å²) >= 11 is 5.78. The van der Waals surface area contributed by atoms with Crippen LogP contribution in [-0.4, -0.2) is 24.9 Å². The van der Waals surface area contributed by atoms with E-state index < -0.39 is 11.8 Å². The molecule has 0 aromatic heterocycles. The fourth-order valence-electron chi connectivity index (χ4n) is 2.64. The molecular formula is C18H18ClN3O2. The molecule has 0 bridgehead atoms. The van der Waals surface area contributed by atoms with E-state index in [1.54, 1.807) is 36.4 Å². The summed E-state index contributed by atoms with van der Waals surface area (Å²) in [6.07, 6.45) is 2.42. The third kappa shape index (κ3) is 4.06. The molecule has 0 unspecified atom stereocenters. The van der Waals surface area contributed by atoms with E-state index >= 15 is 0 Å². The van der Waals surface area contributed by atoms with Gasteiger partial charge in [0, 0.05) is 35.2 Å². The first-order valence-electron chi connectivity index (χ1n) is 7.85. The number of hydrogen-bond donors (Lipinski definition) is 2. The van der Waals surface area contributed by atoms with Crippen molar-refractivity contribution in [3.8, 4) is 0 Å². The molecule has 2 N–H and O–H groups in total. The Hall–Kier alpha value is -2.53. The molecule has 0 atom stereocenters. The molecule has 2 aromatic rings. The maximum absolute atomic E-state index is 12.0. The second-order valence-corrected chi connectivity index (χ2v) is 6.09. The van der Waals surface area contributed by atoms with Crippen molar-refractivity contribution in [1.29, 1.82) is 0 Å². The van der Waals surface area contributed by atoms with Gasteiger partial charge in [-0.15, -0.1) is 0 Å². The normalized spacial score (nSPS) is 13.6. The van der Waals surface area contributed by atoms with Crippen molar-refractivity contribution in [1.82, 2.24) is 0 Å². The first-order chi connectivity index (χ1) is 11.6.